The molecule has 0 aromatic rings. The maximum Gasteiger partial charge on any atom is 0.322 e. The van der Waals surface area contributed by atoms with Crippen LogP contribution in [0.25, 0.3) is 0 Å². The van der Waals surface area contributed by atoms with Gasteiger partial charge >= 0.3 is 12.1 Å². The summed E-state index contributed by atoms with van der Waals surface area (Å²) < 4.78 is 21.4. The summed E-state index contributed by atoms with van der Waals surface area (Å²) in [7, 11) is 1.13. The van der Waals surface area contributed by atoms with E-state index in [1.807, 2.05) is 10.6 Å². The molecule has 2 heterocycles. The molecule has 1 atom stereocenters. The SMILES string of the molecule is C[C@]1(CS(=O)(=O)Cl)NC(=O)NC1=O.O=C1CNC(=O)N1. The molecular weight excluding hydrogens is 316 g/mol. The fourth-order valence-corrected chi connectivity index (χ4v) is 2.95. The lowest BCUT2D eigenvalue weighted by Crippen LogP contribution is -2.48. The molecule has 20 heavy (non-hydrogen) atoms. The number of carbonyl (C=O) groups excluding carboxylic acids is 4. The first-order valence-corrected chi connectivity index (χ1v) is 7.63. The van der Waals surface area contributed by atoms with Gasteiger partial charge in [-0.15, -0.1) is 0 Å². The van der Waals surface area contributed by atoms with Crippen LogP contribution in [0.4, 0.5) is 9.59 Å². The van der Waals surface area contributed by atoms with Gasteiger partial charge in [0.25, 0.3) is 5.91 Å². The minimum Gasteiger partial charge on any atom is -0.329 e. The fraction of sp³-hybridized carbons (Fsp3) is 0.500. The molecule has 2 aliphatic rings. The van der Waals surface area contributed by atoms with Crippen molar-refractivity contribution in [1.29, 1.82) is 0 Å². The zero-order valence-electron chi connectivity index (χ0n) is 10.1. The molecule has 0 unspecified atom stereocenters. The molecule has 0 aliphatic carbocycles. The summed E-state index contributed by atoms with van der Waals surface area (Å²) in [6.07, 6.45) is 0. The molecule has 10 nitrogen and oxygen atoms in total. The number of nitrogens with one attached hydrogen (secondary N) is 4. The normalized spacial score (nSPS) is 25.1. The van der Waals surface area contributed by atoms with Crippen LogP contribution >= 0.6 is 10.7 Å². The fourth-order valence-electron chi connectivity index (χ4n) is 1.40. The lowest BCUT2D eigenvalue weighted by molar-refractivity contribution is -0.122. The first-order valence-electron chi connectivity index (χ1n) is 5.15. The molecule has 0 radical (unpaired) electrons. The average molecular weight is 327 g/mol. The van der Waals surface area contributed by atoms with Crippen molar-refractivity contribution in [3.05, 3.63) is 0 Å². The lowest BCUT2D eigenvalue weighted by atomic mass is 10.1. The van der Waals surface area contributed by atoms with Crippen molar-refractivity contribution in [2.45, 2.75) is 12.5 Å². The molecule has 2 rings (SSSR count). The van der Waals surface area contributed by atoms with Gasteiger partial charge in [-0.25, -0.2) is 18.0 Å². The number of halogens is 1. The standard InChI is InChI=1S/C5H7ClN2O4S.C3H4N2O2/c1-5(2-13(6,11)12)3(9)7-4(10)8-5;6-2-1-4-3(7)5-2/h2H2,1H3,(H2,7,8,9,10);1H2,(H2,4,5,6,7)/t5-;/m1./s1. The summed E-state index contributed by atoms with van der Waals surface area (Å²) in [5, 5.41) is 8.39. The zero-order valence-corrected chi connectivity index (χ0v) is 11.7. The number of urea groups is 2. The van der Waals surface area contributed by atoms with Crippen molar-refractivity contribution >= 4 is 43.6 Å². The summed E-state index contributed by atoms with van der Waals surface area (Å²) in [6, 6.07) is -1.11. The van der Waals surface area contributed by atoms with E-state index in [2.05, 4.69) is 10.6 Å². The summed E-state index contributed by atoms with van der Waals surface area (Å²) >= 11 is 0. The van der Waals surface area contributed by atoms with E-state index in [1.54, 1.807) is 0 Å². The smallest absolute Gasteiger partial charge is 0.322 e. The van der Waals surface area contributed by atoms with E-state index in [-0.39, 0.29) is 12.5 Å². The monoisotopic (exact) mass is 326 g/mol. The van der Waals surface area contributed by atoms with Gasteiger partial charge in [-0.1, -0.05) is 0 Å². The molecule has 2 aliphatic heterocycles. The van der Waals surface area contributed by atoms with Gasteiger partial charge in [-0.3, -0.25) is 20.2 Å². The molecule has 0 aromatic carbocycles. The van der Waals surface area contributed by atoms with Crippen molar-refractivity contribution in [3.63, 3.8) is 0 Å². The summed E-state index contributed by atoms with van der Waals surface area (Å²) in [5.41, 5.74) is -1.46. The van der Waals surface area contributed by atoms with E-state index in [1.165, 1.54) is 6.92 Å². The number of hydrogen-bond acceptors (Lipinski definition) is 6. The van der Waals surface area contributed by atoms with Crippen molar-refractivity contribution < 1.29 is 27.6 Å². The Hall–Kier alpha value is -1.88. The Balaban J connectivity index is 0.000000240. The quantitative estimate of drug-likeness (QED) is 0.340. The van der Waals surface area contributed by atoms with E-state index in [0.29, 0.717) is 0 Å². The Morgan fingerprint density at radius 1 is 1.15 bits per heavy atom. The molecule has 0 aromatic heterocycles. The van der Waals surface area contributed by atoms with E-state index < -0.39 is 38.3 Å². The van der Waals surface area contributed by atoms with Crippen LogP contribution in [0.2, 0.25) is 0 Å². The van der Waals surface area contributed by atoms with E-state index >= 15 is 0 Å². The largest absolute Gasteiger partial charge is 0.329 e. The van der Waals surface area contributed by atoms with Gasteiger partial charge in [-0.2, -0.15) is 0 Å². The summed E-state index contributed by atoms with van der Waals surface area (Å²) in [5.74, 6) is -1.58. The van der Waals surface area contributed by atoms with Crippen LogP contribution in [-0.4, -0.2) is 50.1 Å². The molecule has 112 valence electrons. The second-order valence-electron chi connectivity index (χ2n) is 4.15. The van der Waals surface area contributed by atoms with Crippen molar-refractivity contribution in [3.8, 4) is 0 Å². The molecule has 12 heteroatoms. The molecule has 2 fully saturated rings. The number of imide groups is 2. The predicted octanol–water partition coefficient (Wildman–Crippen LogP) is -2.02. The molecule has 2 saturated heterocycles. The number of hydrogen-bond donors (Lipinski definition) is 4. The Bertz CT molecular complexity index is 562. The maximum absolute atomic E-state index is 11.1. The minimum absolute atomic E-state index is 0.124. The average Bonchev–Trinajstić information content (AvgIpc) is 2.69. The van der Waals surface area contributed by atoms with Crippen LogP contribution in [0.1, 0.15) is 6.92 Å². The van der Waals surface area contributed by atoms with E-state index in [4.69, 9.17) is 10.7 Å². The first-order chi connectivity index (χ1) is 9.02. The summed E-state index contributed by atoms with van der Waals surface area (Å²) in [6.45, 7) is 1.41. The van der Waals surface area contributed by atoms with Crippen molar-refractivity contribution in [2.75, 3.05) is 12.3 Å². The van der Waals surface area contributed by atoms with Gasteiger partial charge in [0.15, 0.2) is 0 Å². The molecular formula is C8H11ClN4O6S. The van der Waals surface area contributed by atoms with Crippen LogP contribution in [0.3, 0.4) is 0 Å². The van der Waals surface area contributed by atoms with Gasteiger partial charge in [-0.05, 0) is 6.92 Å². The molecule has 0 bridgehead atoms. The lowest BCUT2D eigenvalue weighted by Gasteiger charge is -2.17. The van der Waals surface area contributed by atoms with E-state index in [0.717, 1.165) is 0 Å². The number of amides is 6. The first kappa shape index (κ1) is 16.2. The summed E-state index contributed by atoms with van der Waals surface area (Å²) in [4.78, 5) is 41.8. The number of carbonyl (C=O) groups is 4. The predicted molar refractivity (Wildman–Crippen MR) is 66.3 cm³/mol. The second kappa shape index (κ2) is 5.63. The van der Waals surface area contributed by atoms with Gasteiger partial charge in [0.05, 0.1) is 12.3 Å². The molecule has 4 N–H and O–H groups in total. The van der Waals surface area contributed by atoms with Crippen LogP contribution in [0.15, 0.2) is 0 Å². The van der Waals surface area contributed by atoms with E-state index in [9.17, 15) is 27.6 Å². The minimum atomic E-state index is -3.83. The number of rotatable bonds is 2. The van der Waals surface area contributed by atoms with Gasteiger partial charge < -0.3 is 10.6 Å². The Morgan fingerprint density at radius 2 is 1.75 bits per heavy atom. The van der Waals surface area contributed by atoms with Crippen LogP contribution < -0.4 is 21.3 Å². The Labute approximate surface area is 118 Å². The molecule has 0 spiro atoms. The third-order valence-corrected chi connectivity index (χ3v) is 3.49. The van der Waals surface area contributed by atoms with Crippen molar-refractivity contribution in [2.24, 2.45) is 0 Å². The van der Waals surface area contributed by atoms with Crippen molar-refractivity contribution in [1.82, 2.24) is 21.3 Å². The highest BCUT2D eigenvalue weighted by Gasteiger charge is 2.44. The Kier molecular flexibility index (Phi) is 4.55. The molecule has 0 saturated carbocycles. The highest BCUT2D eigenvalue weighted by atomic mass is 35.7. The van der Waals surface area contributed by atoms with Gasteiger partial charge in [0.1, 0.15) is 5.54 Å². The third kappa shape index (κ3) is 4.66. The second-order valence-corrected chi connectivity index (χ2v) is 6.93. The van der Waals surface area contributed by atoms with Gasteiger partial charge in [0.2, 0.25) is 15.0 Å². The molecule has 6 amide bonds. The van der Waals surface area contributed by atoms with Crippen LogP contribution in [0, 0.1) is 0 Å². The highest BCUT2D eigenvalue weighted by Crippen LogP contribution is 2.14. The topological polar surface area (TPSA) is 151 Å². The van der Waals surface area contributed by atoms with Crippen LogP contribution in [0.5, 0.6) is 0 Å². The van der Waals surface area contributed by atoms with Gasteiger partial charge in [0, 0.05) is 10.7 Å². The zero-order chi connectivity index (χ0) is 15.6. The Morgan fingerprint density at radius 3 is 2.00 bits per heavy atom. The highest BCUT2D eigenvalue weighted by molar-refractivity contribution is 8.13. The third-order valence-electron chi connectivity index (χ3n) is 2.24. The van der Waals surface area contributed by atoms with Crippen LogP contribution in [-0.2, 0) is 18.6 Å². The maximum atomic E-state index is 11.1.